The van der Waals surface area contributed by atoms with Crippen LogP contribution < -0.4 is 5.32 Å². The van der Waals surface area contributed by atoms with Gasteiger partial charge in [0, 0.05) is 4.88 Å². The van der Waals surface area contributed by atoms with Crippen molar-refractivity contribution in [3.05, 3.63) is 21.9 Å². The molecule has 1 atom stereocenters. The van der Waals surface area contributed by atoms with E-state index < -0.39 is 0 Å². The van der Waals surface area contributed by atoms with E-state index >= 15 is 0 Å². The number of rotatable bonds is 3. The van der Waals surface area contributed by atoms with E-state index in [0.717, 1.165) is 25.4 Å². The van der Waals surface area contributed by atoms with Crippen molar-refractivity contribution in [2.45, 2.75) is 19.3 Å². The van der Waals surface area contributed by atoms with Crippen LogP contribution in [0.4, 0.5) is 0 Å². The number of esters is 1. The van der Waals surface area contributed by atoms with Gasteiger partial charge in [0.05, 0.1) is 7.11 Å². The fraction of sp³-hybridized carbons (Fsp3) is 0.583. The van der Waals surface area contributed by atoms with Crippen molar-refractivity contribution in [1.82, 2.24) is 5.32 Å². The maximum absolute atomic E-state index is 11.3. The molecule has 1 saturated heterocycles. The molecule has 2 rings (SSSR count). The third-order valence-electron chi connectivity index (χ3n) is 2.94. The van der Waals surface area contributed by atoms with Gasteiger partial charge in [0.2, 0.25) is 0 Å². The molecule has 2 heterocycles. The molecule has 1 aliphatic heterocycles. The Labute approximate surface area is 99.8 Å². The van der Waals surface area contributed by atoms with Gasteiger partial charge in [-0.05, 0) is 50.4 Å². The van der Waals surface area contributed by atoms with Crippen molar-refractivity contribution in [3.8, 4) is 0 Å². The minimum Gasteiger partial charge on any atom is -0.465 e. The Kier molecular flexibility index (Phi) is 3.96. The van der Waals surface area contributed by atoms with Gasteiger partial charge in [-0.2, -0.15) is 0 Å². The maximum Gasteiger partial charge on any atom is 0.348 e. The van der Waals surface area contributed by atoms with Crippen LogP contribution in [0.2, 0.25) is 0 Å². The molecule has 1 unspecified atom stereocenters. The fourth-order valence-electron chi connectivity index (χ4n) is 2.08. The predicted molar refractivity (Wildman–Crippen MR) is 65.0 cm³/mol. The Morgan fingerprint density at radius 2 is 2.50 bits per heavy atom. The van der Waals surface area contributed by atoms with Crippen LogP contribution in [0.1, 0.15) is 27.4 Å². The second kappa shape index (κ2) is 5.46. The number of carbonyl (C=O) groups is 1. The van der Waals surface area contributed by atoms with E-state index in [0.29, 0.717) is 4.88 Å². The van der Waals surface area contributed by atoms with E-state index in [4.69, 9.17) is 4.74 Å². The zero-order chi connectivity index (χ0) is 11.4. The van der Waals surface area contributed by atoms with Gasteiger partial charge in [-0.15, -0.1) is 11.3 Å². The number of hydrogen-bond donors (Lipinski definition) is 1. The van der Waals surface area contributed by atoms with E-state index in [1.807, 2.05) is 12.1 Å². The topological polar surface area (TPSA) is 38.3 Å². The Morgan fingerprint density at radius 1 is 1.62 bits per heavy atom. The molecule has 1 aromatic rings. The van der Waals surface area contributed by atoms with E-state index in [9.17, 15) is 4.79 Å². The zero-order valence-electron chi connectivity index (χ0n) is 9.49. The molecule has 0 bridgehead atoms. The molecule has 1 N–H and O–H groups in total. The first kappa shape index (κ1) is 11.6. The van der Waals surface area contributed by atoms with Crippen molar-refractivity contribution in [2.24, 2.45) is 5.92 Å². The molecule has 0 amide bonds. The number of thiophene rings is 1. The molecule has 1 fully saturated rings. The molecule has 0 spiro atoms. The Bertz CT molecular complexity index is 356. The molecule has 0 aliphatic carbocycles. The van der Waals surface area contributed by atoms with Gasteiger partial charge in [0.25, 0.3) is 0 Å². The fourth-order valence-corrected chi connectivity index (χ4v) is 3.12. The first-order valence-corrected chi connectivity index (χ1v) is 6.49. The maximum atomic E-state index is 11.3. The largest absolute Gasteiger partial charge is 0.465 e. The molecule has 0 radical (unpaired) electrons. The molecule has 1 aliphatic rings. The van der Waals surface area contributed by atoms with Gasteiger partial charge in [-0.1, -0.05) is 0 Å². The van der Waals surface area contributed by atoms with Crippen molar-refractivity contribution in [2.75, 3.05) is 20.2 Å². The van der Waals surface area contributed by atoms with Gasteiger partial charge < -0.3 is 10.1 Å². The SMILES string of the molecule is COC(=O)c1ccc(CC2CCCNC2)s1. The number of carbonyl (C=O) groups excluding carboxylic acids is 1. The summed E-state index contributed by atoms with van der Waals surface area (Å²) in [4.78, 5) is 13.3. The molecular formula is C12H17NO2S. The normalized spacial score (nSPS) is 20.7. The summed E-state index contributed by atoms with van der Waals surface area (Å²) >= 11 is 1.56. The third kappa shape index (κ3) is 2.83. The van der Waals surface area contributed by atoms with Crippen molar-refractivity contribution < 1.29 is 9.53 Å². The summed E-state index contributed by atoms with van der Waals surface area (Å²) in [5, 5.41) is 3.41. The summed E-state index contributed by atoms with van der Waals surface area (Å²) in [6.07, 6.45) is 3.63. The number of ether oxygens (including phenoxy) is 1. The van der Waals surface area contributed by atoms with Gasteiger partial charge in [0.1, 0.15) is 4.88 Å². The summed E-state index contributed by atoms with van der Waals surface area (Å²) < 4.78 is 4.70. The molecule has 3 nitrogen and oxygen atoms in total. The zero-order valence-corrected chi connectivity index (χ0v) is 10.3. The second-order valence-electron chi connectivity index (χ2n) is 4.17. The van der Waals surface area contributed by atoms with Crippen LogP contribution in [0.5, 0.6) is 0 Å². The van der Waals surface area contributed by atoms with Crippen molar-refractivity contribution in [1.29, 1.82) is 0 Å². The van der Waals surface area contributed by atoms with Crippen LogP contribution in [0.25, 0.3) is 0 Å². The minimum atomic E-state index is -0.224. The average molecular weight is 239 g/mol. The van der Waals surface area contributed by atoms with E-state index in [2.05, 4.69) is 5.32 Å². The Balaban J connectivity index is 1.94. The molecule has 16 heavy (non-hydrogen) atoms. The van der Waals surface area contributed by atoms with Crippen LogP contribution in [0.3, 0.4) is 0 Å². The standard InChI is InChI=1S/C12H17NO2S/c1-15-12(14)11-5-4-10(16-11)7-9-3-2-6-13-8-9/h4-5,9,13H,2-3,6-8H2,1H3. The molecule has 88 valence electrons. The van der Waals surface area contributed by atoms with E-state index in [-0.39, 0.29) is 5.97 Å². The Morgan fingerprint density at radius 3 is 3.19 bits per heavy atom. The molecular weight excluding hydrogens is 222 g/mol. The first-order valence-electron chi connectivity index (χ1n) is 5.67. The average Bonchev–Trinajstić information content (AvgIpc) is 2.78. The molecule has 1 aromatic heterocycles. The van der Waals surface area contributed by atoms with Crippen LogP contribution in [0.15, 0.2) is 12.1 Å². The predicted octanol–water partition coefficient (Wildman–Crippen LogP) is 2.08. The molecule has 4 heteroatoms. The van der Waals surface area contributed by atoms with Crippen molar-refractivity contribution in [3.63, 3.8) is 0 Å². The van der Waals surface area contributed by atoms with Crippen LogP contribution in [-0.4, -0.2) is 26.2 Å². The summed E-state index contributed by atoms with van der Waals surface area (Å²) in [5.74, 6) is 0.496. The number of nitrogens with one attached hydrogen (secondary N) is 1. The lowest BCUT2D eigenvalue weighted by Gasteiger charge is -2.21. The smallest absolute Gasteiger partial charge is 0.348 e. The minimum absolute atomic E-state index is 0.224. The monoisotopic (exact) mass is 239 g/mol. The summed E-state index contributed by atoms with van der Waals surface area (Å²) in [6, 6.07) is 3.91. The van der Waals surface area contributed by atoms with Crippen LogP contribution in [0, 0.1) is 5.92 Å². The van der Waals surface area contributed by atoms with E-state index in [1.165, 1.54) is 24.8 Å². The second-order valence-corrected chi connectivity index (χ2v) is 5.34. The highest BCUT2D eigenvalue weighted by atomic mass is 32.1. The van der Waals surface area contributed by atoms with Crippen LogP contribution >= 0.6 is 11.3 Å². The van der Waals surface area contributed by atoms with Gasteiger partial charge >= 0.3 is 5.97 Å². The third-order valence-corrected chi connectivity index (χ3v) is 4.02. The van der Waals surface area contributed by atoms with Gasteiger partial charge in [-0.25, -0.2) is 4.79 Å². The highest BCUT2D eigenvalue weighted by Gasteiger charge is 2.16. The van der Waals surface area contributed by atoms with Gasteiger partial charge in [0.15, 0.2) is 0 Å². The molecule has 0 saturated carbocycles. The van der Waals surface area contributed by atoms with Gasteiger partial charge in [-0.3, -0.25) is 0 Å². The lowest BCUT2D eigenvalue weighted by atomic mass is 9.96. The summed E-state index contributed by atoms with van der Waals surface area (Å²) in [7, 11) is 1.42. The highest BCUT2D eigenvalue weighted by Crippen LogP contribution is 2.23. The van der Waals surface area contributed by atoms with Crippen LogP contribution in [-0.2, 0) is 11.2 Å². The summed E-state index contributed by atoms with van der Waals surface area (Å²) in [6.45, 7) is 2.25. The lowest BCUT2D eigenvalue weighted by Crippen LogP contribution is -2.30. The van der Waals surface area contributed by atoms with Crippen molar-refractivity contribution >= 4 is 17.3 Å². The lowest BCUT2D eigenvalue weighted by molar-refractivity contribution is 0.0606. The number of piperidine rings is 1. The quantitative estimate of drug-likeness (QED) is 0.821. The Hall–Kier alpha value is -0.870. The summed E-state index contributed by atoms with van der Waals surface area (Å²) in [5.41, 5.74) is 0. The van der Waals surface area contributed by atoms with E-state index in [1.54, 1.807) is 11.3 Å². The number of hydrogen-bond acceptors (Lipinski definition) is 4. The first-order chi connectivity index (χ1) is 7.79. The number of methoxy groups -OCH3 is 1. The molecule has 0 aromatic carbocycles. The highest BCUT2D eigenvalue weighted by molar-refractivity contribution is 7.13.